The van der Waals surface area contributed by atoms with Crippen molar-refractivity contribution in [2.75, 3.05) is 13.1 Å². The van der Waals surface area contributed by atoms with Gasteiger partial charge in [-0.1, -0.05) is 44.2 Å². The summed E-state index contributed by atoms with van der Waals surface area (Å²) < 4.78 is 0. The average Bonchev–Trinajstić information content (AvgIpc) is 2.50. The molecule has 6 heteroatoms. The summed E-state index contributed by atoms with van der Waals surface area (Å²) in [4.78, 5) is 39.0. The number of aliphatic carboxylic acids is 1. The SMILES string of the molecule is CC(C)C(C(=O)O)N1CC(=O)N(C(C)c2ccccc2)CC1=O. The first-order valence-corrected chi connectivity index (χ1v) is 7.69. The summed E-state index contributed by atoms with van der Waals surface area (Å²) in [6.45, 7) is 5.05. The van der Waals surface area contributed by atoms with Gasteiger partial charge in [0.25, 0.3) is 0 Å². The molecular weight excluding hydrogens is 296 g/mol. The third-order valence-electron chi connectivity index (χ3n) is 4.22. The van der Waals surface area contributed by atoms with Crippen LogP contribution in [0.3, 0.4) is 0 Å². The van der Waals surface area contributed by atoms with Crippen molar-refractivity contribution in [3.63, 3.8) is 0 Å². The lowest BCUT2D eigenvalue weighted by atomic mass is 10.0. The van der Waals surface area contributed by atoms with E-state index < -0.39 is 12.0 Å². The number of amides is 2. The Morgan fingerprint density at radius 2 is 1.52 bits per heavy atom. The maximum Gasteiger partial charge on any atom is 0.326 e. The molecule has 0 saturated carbocycles. The highest BCUT2D eigenvalue weighted by Gasteiger charge is 2.40. The van der Waals surface area contributed by atoms with Gasteiger partial charge in [-0.05, 0) is 18.4 Å². The highest BCUT2D eigenvalue weighted by Crippen LogP contribution is 2.24. The highest BCUT2D eigenvalue weighted by atomic mass is 16.4. The summed E-state index contributed by atoms with van der Waals surface area (Å²) in [5.74, 6) is -1.89. The second-order valence-corrected chi connectivity index (χ2v) is 6.16. The van der Waals surface area contributed by atoms with Crippen LogP contribution in [0, 0.1) is 5.92 Å². The molecule has 2 unspecified atom stereocenters. The van der Waals surface area contributed by atoms with Crippen molar-refractivity contribution < 1.29 is 19.5 Å². The number of carboxylic acids is 1. The molecule has 124 valence electrons. The molecule has 0 aliphatic carbocycles. The minimum absolute atomic E-state index is 0.0919. The average molecular weight is 318 g/mol. The lowest BCUT2D eigenvalue weighted by Crippen LogP contribution is -2.60. The fourth-order valence-electron chi connectivity index (χ4n) is 2.95. The van der Waals surface area contributed by atoms with Gasteiger partial charge in [0.05, 0.1) is 6.04 Å². The van der Waals surface area contributed by atoms with Gasteiger partial charge in [-0.25, -0.2) is 4.79 Å². The van der Waals surface area contributed by atoms with Crippen LogP contribution in [0.1, 0.15) is 32.4 Å². The van der Waals surface area contributed by atoms with Crippen molar-refractivity contribution in [1.82, 2.24) is 9.80 Å². The zero-order chi connectivity index (χ0) is 17.1. The van der Waals surface area contributed by atoms with Crippen molar-refractivity contribution in [2.45, 2.75) is 32.9 Å². The van der Waals surface area contributed by atoms with Crippen LogP contribution in [0.5, 0.6) is 0 Å². The van der Waals surface area contributed by atoms with Gasteiger partial charge in [0.1, 0.15) is 19.1 Å². The second-order valence-electron chi connectivity index (χ2n) is 6.16. The first kappa shape index (κ1) is 17.0. The Morgan fingerprint density at radius 3 is 2.04 bits per heavy atom. The summed E-state index contributed by atoms with van der Waals surface area (Å²) in [5.41, 5.74) is 0.945. The van der Waals surface area contributed by atoms with E-state index in [0.29, 0.717) is 0 Å². The maximum atomic E-state index is 12.5. The smallest absolute Gasteiger partial charge is 0.326 e. The van der Waals surface area contributed by atoms with Crippen LogP contribution >= 0.6 is 0 Å². The standard InChI is InChI=1S/C17H22N2O4/c1-11(2)16(17(22)23)19-10-14(20)18(9-15(19)21)12(3)13-7-5-4-6-8-13/h4-8,11-12,16H,9-10H2,1-3H3,(H,22,23). The van der Waals surface area contributed by atoms with Gasteiger partial charge >= 0.3 is 5.97 Å². The van der Waals surface area contributed by atoms with Crippen molar-refractivity contribution >= 4 is 17.8 Å². The topological polar surface area (TPSA) is 77.9 Å². The Morgan fingerprint density at radius 1 is 1.00 bits per heavy atom. The molecule has 1 aromatic rings. The summed E-state index contributed by atoms with van der Waals surface area (Å²) in [6.07, 6.45) is 0. The Balaban J connectivity index is 2.18. The molecule has 2 atom stereocenters. The summed E-state index contributed by atoms with van der Waals surface area (Å²) >= 11 is 0. The number of hydrogen-bond donors (Lipinski definition) is 1. The molecule has 0 aromatic heterocycles. The molecule has 6 nitrogen and oxygen atoms in total. The van der Waals surface area contributed by atoms with E-state index in [1.807, 2.05) is 37.3 Å². The molecule has 1 N–H and O–H groups in total. The Bertz CT molecular complexity index is 600. The van der Waals surface area contributed by atoms with E-state index in [9.17, 15) is 19.5 Å². The third-order valence-corrected chi connectivity index (χ3v) is 4.22. The van der Waals surface area contributed by atoms with Crippen LogP contribution in [0.4, 0.5) is 0 Å². The van der Waals surface area contributed by atoms with E-state index in [1.54, 1.807) is 13.8 Å². The Kier molecular flexibility index (Phi) is 5.03. The Hall–Kier alpha value is -2.37. The Labute approximate surface area is 135 Å². The van der Waals surface area contributed by atoms with Gasteiger partial charge in [0.15, 0.2) is 0 Å². The molecule has 0 spiro atoms. The van der Waals surface area contributed by atoms with E-state index in [1.165, 1.54) is 9.80 Å². The number of hydrogen-bond acceptors (Lipinski definition) is 3. The van der Waals surface area contributed by atoms with E-state index in [4.69, 9.17) is 0 Å². The van der Waals surface area contributed by atoms with Gasteiger partial charge in [0, 0.05) is 0 Å². The maximum absolute atomic E-state index is 12.5. The fraction of sp³-hybridized carbons (Fsp3) is 0.471. The largest absolute Gasteiger partial charge is 0.480 e. The van der Waals surface area contributed by atoms with Gasteiger partial charge in [-0.3, -0.25) is 9.59 Å². The minimum Gasteiger partial charge on any atom is -0.480 e. The zero-order valence-corrected chi connectivity index (χ0v) is 13.6. The van der Waals surface area contributed by atoms with Crippen molar-refractivity contribution in [3.05, 3.63) is 35.9 Å². The molecule has 1 heterocycles. The normalized spacial score (nSPS) is 18.3. The highest BCUT2D eigenvalue weighted by molar-refractivity contribution is 5.95. The predicted molar refractivity (Wildman–Crippen MR) is 84.5 cm³/mol. The fourth-order valence-corrected chi connectivity index (χ4v) is 2.95. The van der Waals surface area contributed by atoms with Gasteiger partial charge < -0.3 is 14.9 Å². The number of nitrogens with zero attached hydrogens (tertiary/aromatic N) is 2. The molecule has 1 fully saturated rings. The zero-order valence-electron chi connectivity index (χ0n) is 13.6. The summed E-state index contributed by atoms with van der Waals surface area (Å²) in [7, 11) is 0. The molecule has 1 aliphatic heterocycles. The molecule has 23 heavy (non-hydrogen) atoms. The van der Waals surface area contributed by atoms with Gasteiger partial charge in [0.2, 0.25) is 11.8 Å². The van der Waals surface area contributed by atoms with Crippen molar-refractivity contribution in [2.24, 2.45) is 5.92 Å². The molecule has 0 bridgehead atoms. The van der Waals surface area contributed by atoms with Crippen LogP contribution < -0.4 is 0 Å². The van der Waals surface area contributed by atoms with Crippen LogP contribution in [-0.2, 0) is 14.4 Å². The lowest BCUT2D eigenvalue weighted by molar-refractivity contribution is -0.162. The number of rotatable bonds is 5. The first-order chi connectivity index (χ1) is 10.8. The number of carbonyl (C=O) groups excluding carboxylic acids is 2. The van der Waals surface area contributed by atoms with Crippen molar-refractivity contribution in [3.8, 4) is 0 Å². The van der Waals surface area contributed by atoms with Crippen LogP contribution in [-0.4, -0.2) is 51.8 Å². The van der Waals surface area contributed by atoms with E-state index in [2.05, 4.69) is 0 Å². The van der Waals surface area contributed by atoms with Crippen LogP contribution in [0.15, 0.2) is 30.3 Å². The lowest BCUT2D eigenvalue weighted by Gasteiger charge is -2.40. The van der Waals surface area contributed by atoms with Crippen LogP contribution in [0.2, 0.25) is 0 Å². The number of piperazine rings is 1. The predicted octanol–water partition coefficient (Wildman–Crippen LogP) is 1.53. The minimum atomic E-state index is -1.08. The van der Waals surface area contributed by atoms with Crippen molar-refractivity contribution in [1.29, 1.82) is 0 Å². The molecule has 1 aliphatic rings. The van der Waals surface area contributed by atoms with Gasteiger partial charge in [-0.2, -0.15) is 0 Å². The quantitative estimate of drug-likeness (QED) is 0.893. The monoisotopic (exact) mass is 318 g/mol. The molecule has 1 saturated heterocycles. The van der Waals surface area contributed by atoms with E-state index >= 15 is 0 Å². The molecule has 1 aromatic carbocycles. The van der Waals surface area contributed by atoms with Crippen LogP contribution in [0.25, 0.3) is 0 Å². The molecular formula is C17H22N2O4. The number of carbonyl (C=O) groups is 3. The molecule has 0 radical (unpaired) electrons. The molecule has 2 rings (SSSR count). The summed E-state index contributed by atoms with van der Waals surface area (Å²) in [5, 5.41) is 9.33. The second kappa shape index (κ2) is 6.81. The summed E-state index contributed by atoms with van der Waals surface area (Å²) in [6, 6.07) is 8.27. The van der Waals surface area contributed by atoms with Gasteiger partial charge in [-0.15, -0.1) is 0 Å². The number of carboxylic acid groups (broad SMARTS) is 1. The number of benzene rings is 1. The first-order valence-electron chi connectivity index (χ1n) is 7.69. The third kappa shape index (κ3) is 3.52. The van der Waals surface area contributed by atoms with E-state index in [0.717, 1.165) is 5.56 Å². The van der Waals surface area contributed by atoms with E-state index in [-0.39, 0.29) is 36.9 Å². The molecule has 2 amide bonds.